The summed E-state index contributed by atoms with van der Waals surface area (Å²) in [4.78, 5) is 23.3. The largest absolute Gasteiger partial charge is 0.542 e. The zero-order chi connectivity index (χ0) is 25.7. The molecule has 7 nitrogen and oxygen atoms in total. The van der Waals surface area contributed by atoms with Gasteiger partial charge < -0.3 is 29.3 Å². The predicted molar refractivity (Wildman–Crippen MR) is 121 cm³/mol. The molecule has 2 N–H and O–H groups in total. The number of quaternary nitrogens is 1. The SMILES string of the molecule is O=C(O[C@H]1C[N+]2(CCCCO)CCC1CC2)C(O)(c1cccs1)c1cccs1.O=C([O-])C(F)(F)F. The Labute approximate surface area is 209 Å². The summed E-state index contributed by atoms with van der Waals surface area (Å²) in [5.74, 6) is -3.17. The molecule has 0 amide bonds. The van der Waals surface area contributed by atoms with Crippen molar-refractivity contribution in [2.45, 2.75) is 43.6 Å². The first-order valence-corrected chi connectivity index (χ1v) is 13.0. The summed E-state index contributed by atoms with van der Waals surface area (Å²) in [5.41, 5.74) is -1.73. The number of aliphatic hydroxyl groups is 2. The minimum atomic E-state index is -5.19. The standard InChI is InChI=1S/C21H28NO4S2.C2HF3O2/c23-12-2-1-9-22-10-7-16(8-11-22)17(15-22)26-20(24)21(25,18-5-3-13-27-18)19-6-4-14-28-19;3-2(4,5)1(6)7/h3-6,13-14,16-17,23,25H,1-2,7-12,15H2;(H,6,7)/q+1;/p-1/t16?,17-,22?;/m0./s1. The lowest BCUT2D eigenvalue weighted by Crippen LogP contribution is -2.65. The third kappa shape index (κ3) is 6.42. The van der Waals surface area contributed by atoms with Crippen molar-refractivity contribution in [1.29, 1.82) is 0 Å². The molecule has 3 aliphatic rings. The van der Waals surface area contributed by atoms with Crippen molar-refractivity contribution in [2.75, 3.05) is 32.8 Å². The molecule has 1 atom stereocenters. The van der Waals surface area contributed by atoms with E-state index >= 15 is 0 Å². The smallest absolute Gasteiger partial charge is 0.430 e. The van der Waals surface area contributed by atoms with Crippen LogP contribution in [-0.2, 0) is 19.9 Å². The molecular weight excluding hydrogens is 507 g/mol. The van der Waals surface area contributed by atoms with Gasteiger partial charge in [-0.05, 0) is 35.7 Å². The van der Waals surface area contributed by atoms with Crippen LogP contribution in [0.2, 0.25) is 0 Å². The fourth-order valence-electron chi connectivity index (χ4n) is 4.74. The van der Waals surface area contributed by atoms with Crippen molar-refractivity contribution in [2.24, 2.45) is 5.92 Å². The van der Waals surface area contributed by atoms with Crippen molar-refractivity contribution in [3.8, 4) is 0 Å². The van der Waals surface area contributed by atoms with Gasteiger partial charge in [0.15, 0.2) is 6.10 Å². The van der Waals surface area contributed by atoms with E-state index < -0.39 is 23.7 Å². The Morgan fingerprint density at radius 1 is 1.09 bits per heavy atom. The van der Waals surface area contributed by atoms with E-state index in [1.807, 2.05) is 22.9 Å². The minimum Gasteiger partial charge on any atom is -0.542 e. The molecule has 2 aromatic rings. The van der Waals surface area contributed by atoms with Gasteiger partial charge in [-0.1, -0.05) is 12.1 Å². The zero-order valence-electron chi connectivity index (χ0n) is 18.9. The number of halogens is 3. The summed E-state index contributed by atoms with van der Waals surface area (Å²) in [6, 6.07) is 7.29. The van der Waals surface area contributed by atoms with E-state index in [4.69, 9.17) is 19.7 Å². The molecule has 12 heteroatoms. The number of unbranched alkanes of at least 4 members (excludes halogenated alkanes) is 1. The van der Waals surface area contributed by atoms with Crippen LogP contribution in [-0.4, -0.2) is 71.7 Å². The molecule has 3 aliphatic heterocycles. The van der Waals surface area contributed by atoms with Crippen LogP contribution in [0.5, 0.6) is 0 Å². The number of aliphatic carboxylic acids is 1. The van der Waals surface area contributed by atoms with Gasteiger partial charge >= 0.3 is 12.1 Å². The van der Waals surface area contributed by atoms with E-state index in [0.29, 0.717) is 15.7 Å². The van der Waals surface area contributed by atoms with E-state index in [0.717, 1.165) is 56.3 Å². The van der Waals surface area contributed by atoms with Crippen LogP contribution in [0.25, 0.3) is 0 Å². The average molecular weight is 536 g/mol. The summed E-state index contributed by atoms with van der Waals surface area (Å²) in [5, 5.41) is 33.1. The first kappa shape index (κ1) is 27.6. The first-order valence-electron chi connectivity index (χ1n) is 11.3. The Morgan fingerprint density at radius 3 is 2.06 bits per heavy atom. The lowest BCUT2D eigenvalue weighted by Gasteiger charge is -2.52. The van der Waals surface area contributed by atoms with E-state index in [9.17, 15) is 23.1 Å². The number of hydrogen-bond donors (Lipinski definition) is 2. The molecule has 5 heterocycles. The number of carboxylic acids is 1. The number of ether oxygens (including phenoxy) is 1. The van der Waals surface area contributed by atoms with Crippen LogP contribution in [0.3, 0.4) is 0 Å². The first-order chi connectivity index (χ1) is 16.5. The number of thiophene rings is 2. The molecule has 5 rings (SSSR count). The highest BCUT2D eigenvalue weighted by Crippen LogP contribution is 2.40. The number of carbonyl (C=O) groups excluding carboxylic acids is 2. The average Bonchev–Trinajstić information content (AvgIpc) is 3.54. The van der Waals surface area contributed by atoms with Gasteiger partial charge in [0.05, 0.1) is 29.4 Å². The van der Waals surface area contributed by atoms with Crippen molar-refractivity contribution in [1.82, 2.24) is 0 Å². The second kappa shape index (κ2) is 11.4. The third-order valence-corrected chi connectivity index (χ3v) is 8.58. The second-order valence-electron chi connectivity index (χ2n) is 8.86. The van der Waals surface area contributed by atoms with Crippen molar-refractivity contribution < 1.29 is 47.3 Å². The summed E-state index contributed by atoms with van der Waals surface area (Å²) < 4.78 is 38.6. The molecule has 0 unspecified atom stereocenters. The van der Waals surface area contributed by atoms with Crippen molar-refractivity contribution in [3.63, 3.8) is 0 Å². The monoisotopic (exact) mass is 535 g/mol. The molecule has 0 aromatic carbocycles. The fraction of sp³-hybridized carbons (Fsp3) is 0.565. The van der Waals surface area contributed by atoms with Crippen LogP contribution in [0, 0.1) is 5.92 Å². The Hall–Kier alpha value is -1.99. The van der Waals surface area contributed by atoms with Crippen LogP contribution < -0.4 is 5.11 Å². The summed E-state index contributed by atoms with van der Waals surface area (Å²) in [7, 11) is 0. The Balaban J connectivity index is 0.000000429. The molecule has 0 spiro atoms. The number of alkyl halides is 3. The number of esters is 1. The summed E-state index contributed by atoms with van der Waals surface area (Å²) in [6.07, 6.45) is -1.39. The number of fused-ring (bicyclic) bond motifs is 3. The zero-order valence-corrected chi connectivity index (χ0v) is 20.5. The lowest BCUT2D eigenvalue weighted by molar-refractivity contribution is -0.946. The van der Waals surface area contributed by atoms with Gasteiger partial charge in [-0.3, -0.25) is 0 Å². The van der Waals surface area contributed by atoms with Gasteiger partial charge in [0.1, 0.15) is 12.5 Å². The van der Waals surface area contributed by atoms with Crippen LogP contribution >= 0.6 is 22.7 Å². The Kier molecular flexibility index (Phi) is 8.97. The summed E-state index contributed by atoms with van der Waals surface area (Å²) >= 11 is 2.75. The fourth-order valence-corrected chi connectivity index (χ4v) is 6.46. The Bertz CT molecular complexity index is 922. The number of carboxylic acid groups (broad SMARTS) is 1. The van der Waals surface area contributed by atoms with E-state index in [1.165, 1.54) is 22.7 Å². The van der Waals surface area contributed by atoms with Gasteiger partial charge in [0, 0.05) is 25.4 Å². The minimum absolute atomic E-state index is 0.143. The van der Waals surface area contributed by atoms with Crippen LogP contribution in [0.4, 0.5) is 13.2 Å². The molecule has 3 fully saturated rings. The number of piperidine rings is 3. The highest BCUT2D eigenvalue weighted by Gasteiger charge is 2.51. The predicted octanol–water partition coefficient (Wildman–Crippen LogP) is 2.27. The molecule has 0 saturated carbocycles. The number of hydrogen-bond acceptors (Lipinski definition) is 8. The molecule has 2 bridgehead atoms. The molecule has 2 aromatic heterocycles. The maximum Gasteiger partial charge on any atom is 0.430 e. The third-order valence-electron chi connectivity index (χ3n) is 6.62. The number of nitrogens with zero attached hydrogens (tertiary/aromatic N) is 1. The van der Waals surface area contributed by atoms with Gasteiger partial charge in [0.25, 0.3) is 0 Å². The van der Waals surface area contributed by atoms with E-state index in [2.05, 4.69) is 0 Å². The normalized spacial score (nSPS) is 23.9. The van der Waals surface area contributed by atoms with Crippen LogP contribution in [0.1, 0.15) is 35.4 Å². The molecule has 194 valence electrons. The molecular formula is C23H28F3NO6S2. The van der Waals surface area contributed by atoms with Gasteiger partial charge in [-0.15, -0.1) is 22.7 Å². The highest BCUT2D eigenvalue weighted by atomic mass is 32.1. The van der Waals surface area contributed by atoms with E-state index in [1.54, 1.807) is 12.1 Å². The van der Waals surface area contributed by atoms with Crippen molar-refractivity contribution >= 4 is 34.6 Å². The van der Waals surface area contributed by atoms with Gasteiger partial charge in [-0.25, -0.2) is 4.79 Å². The topological polar surface area (TPSA) is 107 Å². The number of aliphatic hydroxyl groups excluding tert-OH is 1. The Morgan fingerprint density at radius 2 is 1.63 bits per heavy atom. The molecule has 0 radical (unpaired) electrons. The maximum absolute atomic E-state index is 13.3. The maximum atomic E-state index is 13.3. The van der Waals surface area contributed by atoms with Crippen LogP contribution in [0.15, 0.2) is 35.0 Å². The highest BCUT2D eigenvalue weighted by molar-refractivity contribution is 7.12. The number of rotatable bonds is 8. The van der Waals surface area contributed by atoms with Crippen molar-refractivity contribution in [3.05, 3.63) is 44.8 Å². The van der Waals surface area contributed by atoms with E-state index in [-0.39, 0.29) is 12.7 Å². The second-order valence-corrected chi connectivity index (χ2v) is 10.8. The number of carbonyl (C=O) groups is 2. The molecule has 3 saturated heterocycles. The quantitative estimate of drug-likeness (QED) is 0.305. The molecule has 35 heavy (non-hydrogen) atoms. The van der Waals surface area contributed by atoms with Gasteiger partial charge in [0.2, 0.25) is 5.60 Å². The van der Waals surface area contributed by atoms with Gasteiger partial charge in [-0.2, -0.15) is 13.2 Å². The lowest BCUT2D eigenvalue weighted by atomic mass is 9.83. The molecule has 0 aliphatic carbocycles. The summed E-state index contributed by atoms with van der Waals surface area (Å²) in [6.45, 7) is 4.35.